The van der Waals surface area contributed by atoms with E-state index in [-0.39, 0.29) is 0 Å². The van der Waals surface area contributed by atoms with Crippen molar-refractivity contribution < 1.29 is 8.42 Å². The molecule has 0 spiro atoms. The van der Waals surface area contributed by atoms with Gasteiger partial charge in [-0.2, -0.15) is 0 Å². The van der Waals surface area contributed by atoms with Crippen LogP contribution in [0.1, 0.15) is 13.8 Å². The molecule has 0 aliphatic rings. The maximum Gasteiger partial charge on any atom is 0.230 e. The highest BCUT2D eigenvalue weighted by Crippen LogP contribution is 2.14. The first-order chi connectivity index (χ1) is 7.46. The van der Waals surface area contributed by atoms with Gasteiger partial charge < -0.3 is 4.90 Å². The van der Waals surface area contributed by atoms with E-state index in [1.54, 1.807) is 12.3 Å². The molecule has 0 saturated heterocycles. The SMILES string of the molecule is CCN(CC)c1ccc(NS(C)(=O)=O)nc1. The first kappa shape index (κ1) is 12.8. The van der Waals surface area contributed by atoms with Crippen molar-refractivity contribution in [2.45, 2.75) is 13.8 Å². The summed E-state index contributed by atoms with van der Waals surface area (Å²) < 4.78 is 24.3. The molecule has 0 aliphatic carbocycles. The Morgan fingerprint density at radius 2 is 1.94 bits per heavy atom. The molecular formula is C10H17N3O2S. The van der Waals surface area contributed by atoms with Crippen molar-refractivity contribution >= 4 is 21.5 Å². The fraction of sp³-hybridized carbons (Fsp3) is 0.500. The lowest BCUT2D eigenvalue weighted by Crippen LogP contribution is -2.22. The monoisotopic (exact) mass is 243 g/mol. The van der Waals surface area contributed by atoms with Gasteiger partial charge in [-0.15, -0.1) is 0 Å². The summed E-state index contributed by atoms with van der Waals surface area (Å²) in [5, 5.41) is 0. The average Bonchev–Trinajstić information content (AvgIpc) is 2.20. The van der Waals surface area contributed by atoms with Crippen LogP contribution in [0.5, 0.6) is 0 Å². The van der Waals surface area contributed by atoms with Gasteiger partial charge >= 0.3 is 0 Å². The van der Waals surface area contributed by atoms with Gasteiger partial charge in [0.15, 0.2) is 0 Å². The number of aromatic nitrogens is 1. The molecule has 0 bridgehead atoms. The highest BCUT2D eigenvalue weighted by Gasteiger charge is 2.05. The van der Waals surface area contributed by atoms with Crippen molar-refractivity contribution in [2.24, 2.45) is 0 Å². The fourth-order valence-electron chi connectivity index (χ4n) is 1.41. The van der Waals surface area contributed by atoms with Crippen LogP contribution in [-0.2, 0) is 10.0 Å². The molecule has 90 valence electrons. The Balaban J connectivity index is 2.82. The van der Waals surface area contributed by atoms with Crippen LogP contribution in [0, 0.1) is 0 Å². The molecule has 6 heteroatoms. The number of sulfonamides is 1. The molecule has 0 radical (unpaired) electrons. The number of pyridine rings is 1. The van der Waals surface area contributed by atoms with E-state index in [0.29, 0.717) is 5.82 Å². The van der Waals surface area contributed by atoms with Gasteiger partial charge in [0.1, 0.15) is 5.82 Å². The van der Waals surface area contributed by atoms with Crippen molar-refractivity contribution in [1.82, 2.24) is 4.98 Å². The van der Waals surface area contributed by atoms with E-state index < -0.39 is 10.0 Å². The molecule has 0 aliphatic heterocycles. The Bertz CT molecular complexity index is 424. The minimum atomic E-state index is -3.25. The third-order valence-electron chi connectivity index (χ3n) is 2.17. The Kier molecular flexibility index (Phi) is 4.12. The summed E-state index contributed by atoms with van der Waals surface area (Å²) >= 11 is 0. The van der Waals surface area contributed by atoms with Crippen molar-refractivity contribution in [2.75, 3.05) is 29.0 Å². The molecule has 0 unspecified atom stereocenters. The van der Waals surface area contributed by atoms with E-state index in [0.717, 1.165) is 25.0 Å². The predicted octanol–water partition coefficient (Wildman–Crippen LogP) is 1.30. The topological polar surface area (TPSA) is 62.3 Å². The third kappa shape index (κ3) is 3.69. The summed E-state index contributed by atoms with van der Waals surface area (Å²) in [5.74, 6) is 0.346. The lowest BCUT2D eigenvalue weighted by molar-refractivity contribution is 0.606. The zero-order valence-electron chi connectivity index (χ0n) is 9.77. The molecule has 1 aromatic heterocycles. The summed E-state index contributed by atoms with van der Waals surface area (Å²) in [6, 6.07) is 3.52. The molecule has 16 heavy (non-hydrogen) atoms. The number of nitrogens with one attached hydrogen (secondary N) is 1. The van der Waals surface area contributed by atoms with Gasteiger partial charge in [0.2, 0.25) is 10.0 Å². The van der Waals surface area contributed by atoms with Crippen molar-refractivity contribution in [3.63, 3.8) is 0 Å². The summed E-state index contributed by atoms with van der Waals surface area (Å²) in [4.78, 5) is 6.19. The molecule has 1 N–H and O–H groups in total. The Morgan fingerprint density at radius 3 is 2.31 bits per heavy atom. The van der Waals surface area contributed by atoms with Gasteiger partial charge in [0.25, 0.3) is 0 Å². The van der Waals surface area contributed by atoms with Gasteiger partial charge in [-0.05, 0) is 26.0 Å². The average molecular weight is 243 g/mol. The predicted molar refractivity (Wildman–Crippen MR) is 66.3 cm³/mol. The molecule has 0 amide bonds. The Hall–Kier alpha value is -1.30. The summed E-state index contributed by atoms with van der Waals surface area (Å²) in [7, 11) is -3.25. The van der Waals surface area contributed by atoms with Crippen LogP contribution in [0.2, 0.25) is 0 Å². The zero-order chi connectivity index (χ0) is 12.2. The van der Waals surface area contributed by atoms with Gasteiger partial charge in [-0.25, -0.2) is 13.4 Å². The van der Waals surface area contributed by atoms with E-state index in [1.165, 1.54) is 0 Å². The summed E-state index contributed by atoms with van der Waals surface area (Å²) in [6.07, 6.45) is 2.77. The second-order valence-electron chi connectivity index (χ2n) is 3.45. The van der Waals surface area contributed by atoms with Gasteiger partial charge in [0.05, 0.1) is 18.1 Å². The molecular weight excluding hydrogens is 226 g/mol. The molecule has 1 rings (SSSR count). The Labute approximate surface area is 96.5 Å². The van der Waals surface area contributed by atoms with Crippen LogP contribution in [0.25, 0.3) is 0 Å². The zero-order valence-corrected chi connectivity index (χ0v) is 10.6. The smallest absolute Gasteiger partial charge is 0.230 e. The summed E-state index contributed by atoms with van der Waals surface area (Å²) in [5.41, 5.74) is 0.990. The maximum absolute atomic E-state index is 11.0. The van der Waals surface area contributed by atoms with Crippen molar-refractivity contribution in [3.05, 3.63) is 18.3 Å². The first-order valence-corrected chi connectivity index (χ1v) is 7.04. The van der Waals surface area contributed by atoms with E-state index in [4.69, 9.17) is 0 Å². The van der Waals surface area contributed by atoms with Gasteiger partial charge in [0, 0.05) is 13.1 Å². The van der Waals surface area contributed by atoms with Crippen LogP contribution < -0.4 is 9.62 Å². The van der Waals surface area contributed by atoms with Crippen LogP contribution >= 0.6 is 0 Å². The quantitative estimate of drug-likeness (QED) is 0.846. The van der Waals surface area contributed by atoms with E-state index in [2.05, 4.69) is 28.5 Å². The summed E-state index contributed by atoms with van der Waals surface area (Å²) in [6.45, 7) is 5.92. The molecule has 0 fully saturated rings. The van der Waals surface area contributed by atoms with Crippen LogP contribution in [-0.4, -0.2) is 32.7 Å². The lowest BCUT2D eigenvalue weighted by atomic mass is 10.3. The Morgan fingerprint density at radius 1 is 1.31 bits per heavy atom. The molecule has 1 heterocycles. The van der Waals surface area contributed by atoms with Crippen LogP contribution in [0.4, 0.5) is 11.5 Å². The number of rotatable bonds is 5. The first-order valence-electron chi connectivity index (χ1n) is 5.15. The lowest BCUT2D eigenvalue weighted by Gasteiger charge is -2.20. The van der Waals surface area contributed by atoms with Crippen molar-refractivity contribution in [1.29, 1.82) is 0 Å². The minimum Gasteiger partial charge on any atom is -0.371 e. The van der Waals surface area contributed by atoms with E-state index in [1.807, 2.05) is 6.07 Å². The van der Waals surface area contributed by atoms with Crippen LogP contribution in [0.3, 0.4) is 0 Å². The maximum atomic E-state index is 11.0. The second-order valence-corrected chi connectivity index (χ2v) is 5.20. The second kappa shape index (κ2) is 5.16. The number of nitrogens with zero attached hydrogens (tertiary/aromatic N) is 2. The molecule has 1 aromatic rings. The van der Waals surface area contributed by atoms with Gasteiger partial charge in [-0.3, -0.25) is 4.72 Å². The molecule has 0 aromatic carbocycles. The third-order valence-corrected chi connectivity index (χ3v) is 2.75. The molecule has 0 atom stereocenters. The molecule has 5 nitrogen and oxygen atoms in total. The number of hydrogen-bond acceptors (Lipinski definition) is 4. The normalized spacial score (nSPS) is 11.2. The minimum absolute atomic E-state index is 0.346. The highest BCUT2D eigenvalue weighted by atomic mass is 32.2. The molecule has 0 saturated carbocycles. The van der Waals surface area contributed by atoms with Gasteiger partial charge in [-0.1, -0.05) is 0 Å². The highest BCUT2D eigenvalue weighted by molar-refractivity contribution is 7.92. The van der Waals surface area contributed by atoms with E-state index in [9.17, 15) is 8.42 Å². The fourth-order valence-corrected chi connectivity index (χ4v) is 1.91. The number of hydrogen-bond donors (Lipinski definition) is 1. The van der Waals surface area contributed by atoms with E-state index >= 15 is 0 Å². The van der Waals surface area contributed by atoms with Crippen LogP contribution in [0.15, 0.2) is 18.3 Å². The van der Waals surface area contributed by atoms with Crippen molar-refractivity contribution in [3.8, 4) is 0 Å². The standard InChI is InChI=1S/C10H17N3O2S/c1-4-13(5-2)9-6-7-10(11-8-9)12-16(3,14)15/h6-8H,4-5H2,1-3H3,(H,11,12). The largest absolute Gasteiger partial charge is 0.371 e. The number of anilines is 2.